The van der Waals surface area contributed by atoms with Gasteiger partial charge in [0.2, 0.25) is 0 Å². The van der Waals surface area contributed by atoms with E-state index in [4.69, 9.17) is 23.1 Å². The van der Waals surface area contributed by atoms with Crippen LogP contribution in [0.4, 0.5) is 0 Å². The van der Waals surface area contributed by atoms with Gasteiger partial charge in [-0.15, -0.1) is 12.4 Å². The molecule has 10 rings (SSSR count). The molecule has 3 unspecified atom stereocenters. The van der Waals surface area contributed by atoms with Crippen LogP contribution in [0.2, 0.25) is 0 Å². The van der Waals surface area contributed by atoms with E-state index in [2.05, 4.69) is 130 Å². The van der Waals surface area contributed by atoms with E-state index in [1.54, 1.807) is 0 Å². The minimum absolute atomic E-state index is 0. The molecule has 4 saturated heterocycles. The van der Waals surface area contributed by atoms with Gasteiger partial charge >= 0.3 is 0 Å². The molecule has 512 valence electrons. The number of halogens is 1. The molecule has 21 heteroatoms. The lowest BCUT2D eigenvalue weighted by atomic mass is 9.79. The SMILES string of the molecule is CC1(C)CC(N)CC(C)(C)N1O.CC1(C)CC(NCC(S)c2ccc3c(c2)C(C)(C)N(O)C3(C)C)CC(C)(C)N1O.CC1(C)CC(NCC(c2ccc3c(c2)C(C)(C)N(O)C3(C)C)[S-](=N)=O)CC(C)(C)N1O.CC1(C)c2ccc(C3CS3)cc2C(C)(C)N1O.Cl. The first-order chi connectivity index (χ1) is 40.2. The molecule has 0 aromatic heterocycles. The number of fused-ring (bicyclic) bond motifs is 3. The Balaban J connectivity index is 0.000000201. The first-order valence-corrected chi connectivity index (χ1v) is 35.0. The van der Waals surface area contributed by atoms with Crippen LogP contribution in [-0.4, -0.2) is 132 Å². The van der Waals surface area contributed by atoms with Crippen LogP contribution < -0.4 is 16.4 Å². The molecule has 11 N–H and O–H groups in total. The molecule has 4 fully saturated rings. The fourth-order valence-electron chi connectivity index (χ4n) is 16.6. The molecule has 0 radical (unpaired) electrons. The molecule has 7 aliphatic rings. The second-order valence-corrected chi connectivity index (χ2v) is 36.9. The van der Waals surface area contributed by atoms with Gasteiger partial charge in [0, 0.05) is 74.2 Å². The fraction of sp³-hybridized carbons (Fsp3) is 0.739. The van der Waals surface area contributed by atoms with E-state index in [9.17, 15) is 35.5 Å². The van der Waals surface area contributed by atoms with Crippen molar-refractivity contribution >= 4 is 47.4 Å². The highest BCUT2D eigenvalue weighted by Gasteiger charge is 2.53. The Bertz CT molecular complexity index is 3060. The van der Waals surface area contributed by atoms with Gasteiger partial charge in [-0.05, 0) is 261 Å². The Morgan fingerprint density at radius 3 is 1.11 bits per heavy atom. The fourth-order valence-corrected chi connectivity index (χ4v) is 18.1. The molecule has 7 aliphatic heterocycles. The van der Waals surface area contributed by atoms with Crippen LogP contribution in [0.1, 0.15) is 271 Å². The van der Waals surface area contributed by atoms with E-state index < -0.39 is 38.0 Å². The maximum absolute atomic E-state index is 12.4. The molecule has 0 amide bonds. The van der Waals surface area contributed by atoms with E-state index in [1.165, 1.54) is 58.4 Å². The van der Waals surface area contributed by atoms with Crippen molar-refractivity contribution in [2.75, 3.05) is 18.8 Å². The van der Waals surface area contributed by atoms with Gasteiger partial charge in [-0.1, -0.05) is 60.2 Å². The van der Waals surface area contributed by atoms with Gasteiger partial charge in [0.05, 0.1) is 33.2 Å². The highest BCUT2D eigenvalue weighted by Crippen LogP contribution is 2.54. The van der Waals surface area contributed by atoms with Crippen LogP contribution in [-0.2, 0) is 48.0 Å². The number of thioether (sulfide) groups is 1. The Morgan fingerprint density at radius 1 is 0.478 bits per heavy atom. The van der Waals surface area contributed by atoms with Crippen LogP contribution in [0.3, 0.4) is 0 Å². The number of nitrogens with two attached hydrogens (primary N) is 1. The van der Waals surface area contributed by atoms with Gasteiger partial charge in [-0.2, -0.15) is 65.4 Å². The zero-order chi connectivity index (χ0) is 67.6. The summed E-state index contributed by atoms with van der Waals surface area (Å²) in [5, 5.41) is 79.0. The molecule has 0 aliphatic carbocycles. The molecule has 0 spiro atoms. The van der Waals surface area contributed by atoms with Crippen LogP contribution >= 0.6 is 36.8 Å². The predicted molar refractivity (Wildman–Crippen MR) is 371 cm³/mol. The van der Waals surface area contributed by atoms with Crippen LogP contribution in [0.25, 0.3) is 0 Å². The van der Waals surface area contributed by atoms with Gasteiger partial charge in [0.15, 0.2) is 0 Å². The van der Waals surface area contributed by atoms with E-state index >= 15 is 0 Å². The quantitative estimate of drug-likeness (QED) is 0.0515. The molecule has 7 heterocycles. The first-order valence-electron chi connectivity index (χ1n) is 32.3. The van der Waals surface area contributed by atoms with Crippen molar-refractivity contribution in [1.29, 1.82) is 4.78 Å². The van der Waals surface area contributed by atoms with Gasteiger partial charge in [-0.3, -0.25) is 0 Å². The second-order valence-electron chi connectivity index (χ2n) is 33.8. The smallest absolute Gasteiger partial charge is 0.0665 e. The van der Waals surface area contributed by atoms with E-state index in [0.717, 1.165) is 72.9 Å². The van der Waals surface area contributed by atoms with Crippen molar-refractivity contribution in [2.45, 2.75) is 305 Å². The first kappa shape index (κ1) is 77.0. The van der Waals surface area contributed by atoms with Crippen molar-refractivity contribution in [2.24, 2.45) is 5.73 Å². The maximum atomic E-state index is 12.4. The van der Waals surface area contributed by atoms with Crippen molar-refractivity contribution in [3.05, 3.63) is 105 Å². The zero-order valence-electron chi connectivity index (χ0n) is 59.0. The van der Waals surface area contributed by atoms with Crippen molar-refractivity contribution in [1.82, 2.24) is 41.0 Å². The molecule has 0 saturated carbocycles. The van der Waals surface area contributed by atoms with Gasteiger partial charge in [0.1, 0.15) is 0 Å². The average molecular weight is 1330 g/mol. The van der Waals surface area contributed by atoms with Crippen LogP contribution in [0, 0.1) is 4.78 Å². The number of thiol groups is 1. The number of piperidine rings is 3. The summed E-state index contributed by atoms with van der Waals surface area (Å²) in [6.07, 6.45) is 5.00. The third-order valence-electron chi connectivity index (χ3n) is 21.1. The number of nitrogens with zero attached hydrogens (tertiary/aromatic N) is 6. The van der Waals surface area contributed by atoms with Crippen molar-refractivity contribution in [3.63, 3.8) is 0 Å². The lowest BCUT2D eigenvalue weighted by Crippen LogP contribution is -2.62. The second kappa shape index (κ2) is 26.1. The summed E-state index contributed by atoms with van der Waals surface area (Å²) in [6, 6.07) is 19.8. The Labute approximate surface area is 559 Å². The summed E-state index contributed by atoms with van der Waals surface area (Å²) in [5.41, 5.74) is 12.1. The standard InChI is InChI=1S/C23H39N4O3S.C23H39N3O2S.C14H19NOS.C9H20N2O.ClH/c1-20(2)12-16(13-21(3,4)26(20)28)25-14-19(31(24)30)15-9-10-17-18(11-15)23(7,8)27(29)22(17,5)6;1-20(2)12-16(13-21(3,4)25(20)27)24-14-19(29)15-9-10-17-18(11-15)23(7,8)26(28)22(17,5)6;1-13(2)10-6-5-9(12-8-17-12)7-11(10)14(3,4)15(13)16;1-8(2)5-7(10)6-9(3,4)11(8)12;/h9-11,16,19,24-25,28-29H,12-14H2,1-8H3;9-11,16,19,24,27-29H,12-14H2,1-8H3;5-7,12,16H,8H2,1-4H3;7,12H,5-6,10H2,1-4H3;1H/q-1;;;;. The number of hydroxylamine groups is 12. The topological polar surface area (TPSA) is 232 Å². The number of nitrogens with one attached hydrogen (secondary N) is 3. The normalized spacial score (nSPS) is 27.3. The number of hydrogen-bond donors (Lipinski definition) is 11. The molecule has 3 atom stereocenters. The molecule has 0 bridgehead atoms. The summed E-state index contributed by atoms with van der Waals surface area (Å²) in [5.74, 6) is 1.24. The largest absolute Gasteiger partial charge is 0.444 e. The molecular weight excluding hydrogens is 1210 g/mol. The van der Waals surface area contributed by atoms with Crippen LogP contribution in [0.5, 0.6) is 0 Å². The van der Waals surface area contributed by atoms with E-state index in [1.807, 2.05) is 113 Å². The Morgan fingerprint density at radius 2 is 0.767 bits per heavy atom. The van der Waals surface area contributed by atoms with Gasteiger partial charge < -0.3 is 56.6 Å². The summed E-state index contributed by atoms with van der Waals surface area (Å²) < 4.78 is 20.4. The molecule has 90 heavy (non-hydrogen) atoms. The number of benzene rings is 3. The summed E-state index contributed by atoms with van der Waals surface area (Å²) in [4.78, 5) is 0. The van der Waals surface area contributed by atoms with E-state index in [0.29, 0.717) is 17.8 Å². The monoisotopic (exact) mass is 1330 g/mol. The lowest BCUT2D eigenvalue weighted by molar-refractivity contribution is -0.246. The zero-order valence-corrected chi connectivity index (χ0v) is 62.4. The molecule has 3 aromatic carbocycles. The maximum Gasteiger partial charge on any atom is 0.0665 e. The lowest BCUT2D eigenvalue weighted by Gasteiger charge is -2.51. The van der Waals surface area contributed by atoms with Gasteiger partial charge in [-0.25, -0.2) is 0 Å². The molecule has 3 aromatic rings. The minimum atomic E-state index is -1.80. The summed E-state index contributed by atoms with van der Waals surface area (Å²) in [6.45, 7) is 50.2. The summed E-state index contributed by atoms with van der Waals surface area (Å²) >= 11 is 6.88. The summed E-state index contributed by atoms with van der Waals surface area (Å²) in [7, 11) is -1.80. The Kier molecular flexibility index (Phi) is 22.3. The predicted octanol–water partition coefficient (Wildman–Crippen LogP) is 14.9. The highest BCUT2D eigenvalue weighted by molar-refractivity contribution is 8.06. The van der Waals surface area contributed by atoms with Gasteiger partial charge in [0.25, 0.3) is 0 Å². The highest BCUT2D eigenvalue weighted by atomic mass is 35.5. The molecule has 17 nitrogen and oxygen atoms in total. The van der Waals surface area contributed by atoms with Crippen molar-refractivity contribution in [3.8, 4) is 0 Å². The third-order valence-corrected chi connectivity index (χ3v) is 23.5. The minimum Gasteiger partial charge on any atom is -0.444 e. The number of rotatable bonds is 10. The third kappa shape index (κ3) is 14.9. The van der Waals surface area contributed by atoms with Crippen molar-refractivity contribution < 1.29 is 35.5 Å². The average Bonchev–Trinajstić information content (AvgIpc) is 1.61. The molecular formula is C69H118ClN10O7S3-. The Hall–Kier alpha value is -2.00. The van der Waals surface area contributed by atoms with Crippen LogP contribution in [0.15, 0.2) is 54.6 Å². The van der Waals surface area contributed by atoms with E-state index in [-0.39, 0.29) is 74.1 Å². The number of hydrogen-bond acceptors (Lipinski definition) is 20.